The van der Waals surface area contributed by atoms with Gasteiger partial charge in [-0.2, -0.15) is 4.31 Å². The van der Waals surface area contributed by atoms with Crippen molar-refractivity contribution < 1.29 is 17.9 Å². The molecule has 0 fully saturated rings. The third-order valence-corrected chi connectivity index (χ3v) is 8.11. The fraction of sp³-hybridized carbons (Fsp3) is 0.269. The molecule has 180 valence electrons. The predicted octanol–water partition coefficient (Wildman–Crippen LogP) is 4.53. The summed E-state index contributed by atoms with van der Waals surface area (Å²) in [5, 5.41) is 2.93. The Morgan fingerprint density at radius 1 is 1.00 bits per heavy atom. The molecule has 0 aliphatic carbocycles. The molecule has 3 aromatic rings. The standard InChI is InChI=1S/C26H30N2O4S2/c1-20(22-9-13-24(33-3)14-10-22)27-26(29)19-28(18-17-21-7-5-4-6-8-21)34(30,31)25-15-11-23(32-2)12-16-25/h4-16,20H,17-19H2,1-3H3,(H,27,29). The van der Waals surface area contributed by atoms with E-state index in [1.165, 1.54) is 23.5 Å². The van der Waals surface area contributed by atoms with Crippen molar-refractivity contribution >= 4 is 27.7 Å². The van der Waals surface area contributed by atoms with Gasteiger partial charge in [-0.3, -0.25) is 4.79 Å². The van der Waals surface area contributed by atoms with Crippen molar-refractivity contribution in [2.75, 3.05) is 26.5 Å². The van der Waals surface area contributed by atoms with Crippen LogP contribution < -0.4 is 10.1 Å². The first-order valence-corrected chi connectivity index (χ1v) is 13.6. The van der Waals surface area contributed by atoms with Crippen molar-refractivity contribution in [3.05, 3.63) is 90.0 Å². The van der Waals surface area contributed by atoms with Gasteiger partial charge in [-0.05, 0) is 67.1 Å². The van der Waals surface area contributed by atoms with Gasteiger partial charge in [0.25, 0.3) is 0 Å². The maximum atomic E-state index is 13.4. The third kappa shape index (κ3) is 6.85. The topological polar surface area (TPSA) is 75.7 Å². The number of ether oxygens (including phenoxy) is 1. The van der Waals surface area contributed by atoms with Crippen molar-refractivity contribution in [3.63, 3.8) is 0 Å². The highest BCUT2D eigenvalue weighted by molar-refractivity contribution is 7.98. The zero-order valence-electron chi connectivity index (χ0n) is 19.6. The second-order valence-corrected chi connectivity index (χ2v) is 10.6. The summed E-state index contributed by atoms with van der Waals surface area (Å²) in [5.41, 5.74) is 1.96. The number of methoxy groups -OCH3 is 1. The Hall–Kier alpha value is -2.81. The first-order chi connectivity index (χ1) is 16.3. The second-order valence-electron chi connectivity index (χ2n) is 7.81. The number of sulfonamides is 1. The molecule has 0 saturated heterocycles. The molecule has 1 amide bonds. The van der Waals surface area contributed by atoms with Gasteiger partial charge in [0.15, 0.2) is 0 Å². The number of hydrogen-bond donors (Lipinski definition) is 1. The van der Waals surface area contributed by atoms with Crippen LogP contribution >= 0.6 is 11.8 Å². The average Bonchev–Trinajstić information content (AvgIpc) is 2.87. The van der Waals surface area contributed by atoms with Crippen molar-refractivity contribution in [1.82, 2.24) is 9.62 Å². The van der Waals surface area contributed by atoms with Crippen molar-refractivity contribution in [1.29, 1.82) is 0 Å². The molecule has 1 N–H and O–H groups in total. The number of carbonyl (C=O) groups excluding carboxylic acids is 1. The molecule has 0 radical (unpaired) electrons. The van der Waals surface area contributed by atoms with Gasteiger partial charge in [0.1, 0.15) is 5.75 Å². The first kappa shape index (κ1) is 25.8. The summed E-state index contributed by atoms with van der Waals surface area (Å²) in [6.07, 6.45) is 2.50. The van der Waals surface area contributed by atoms with E-state index in [4.69, 9.17) is 4.74 Å². The lowest BCUT2D eigenvalue weighted by atomic mass is 10.1. The van der Waals surface area contributed by atoms with E-state index in [1.807, 2.05) is 67.8 Å². The van der Waals surface area contributed by atoms with Crippen LogP contribution in [0.1, 0.15) is 24.1 Å². The van der Waals surface area contributed by atoms with Crippen molar-refractivity contribution in [2.24, 2.45) is 0 Å². The Balaban J connectivity index is 1.76. The summed E-state index contributed by atoms with van der Waals surface area (Å²) in [6.45, 7) is 1.80. The van der Waals surface area contributed by atoms with E-state index in [0.29, 0.717) is 12.2 Å². The highest BCUT2D eigenvalue weighted by atomic mass is 32.2. The molecule has 6 nitrogen and oxygen atoms in total. The molecule has 3 rings (SSSR count). The van der Waals surface area contributed by atoms with Crippen molar-refractivity contribution in [3.8, 4) is 5.75 Å². The van der Waals surface area contributed by atoms with E-state index in [-0.39, 0.29) is 29.9 Å². The number of nitrogens with one attached hydrogen (secondary N) is 1. The van der Waals surface area contributed by atoms with E-state index in [2.05, 4.69) is 5.32 Å². The SMILES string of the molecule is COc1ccc(S(=O)(=O)N(CCc2ccccc2)CC(=O)NC(C)c2ccc(SC)cc2)cc1. The highest BCUT2D eigenvalue weighted by Crippen LogP contribution is 2.21. The Labute approximate surface area is 206 Å². The van der Waals surface area contributed by atoms with Crippen LogP contribution in [-0.2, 0) is 21.2 Å². The Morgan fingerprint density at radius 3 is 2.24 bits per heavy atom. The number of rotatable bonds is 11. The van der Waals surface area contributed by atoms with Crippen molar-refractivity contribution in [2.45, 2.75) is 29.2 Å². The molecule has 0 aliphatic rings. The van der Waals surface area contributed by atoms with E-state index < -0.39 is 10.0 Å². The van der Waals surface area contributed by atoms with Crippen LogP contribution in [0.3, 0.4) is 0 Å². The van der Waals surface area contributed by atoms with Gasteiger partial charge >= 0.3 is 0 Å². The van der Waals surface area contributed by atoms with E-state index in [1.54, 1.807) is 23.9 Å². The quantitative estimate of drug-likeness (QED) is 0.393. The lowest BCUT2D eigenvalue weighted by molar-refractivity contribution is -0.121. The van der Waals surface area contributed by atoms with Gasteiger partial charge in [0.05, 0.1) is 24.6 Å². The summed E-state index contributed by atoms with van der Waals surface area (Å²) in [4.78, 5) is 14.2. The Kier molecular flexibility index (Phi) is 9.15. The number of benzene rings is 3. The maximum absolute atomic E-state index is 13.4. The van der Waals surface area contributed by atoms with Crippen LogP contribution in [-0.4, -0.2) is 45.1 Å². The van der Waals surface area contributed by atoms with Crippen LogP contribution in [0.4, 0.5) is 0 Å². The molecular formula is C26H30N2O4S2. The minimum atomic E-state index is -3.89. The van der Waals surface area contributed by atoms with E-state index >= 15 is 0 Å². The minimum Gasteiger partial charge on any atom is -0.497 e. The van der Waals surface area contributed by atoms with E-state index in [9.17, 15) is 13.2 Å². The summed E-state index contributed by atoms with van der Waals surface area (Å²) in [6, 6.07) is 23.5. The molecule has 3 aromatic carbocycles. The second kappa shape index (κ2) is 12.1. The fourth-order valence-electron chi connectivity index (χ4n) is 3.50. The van der Waals surface area contributed by atoms with Gasteiger partial charge in [0, 0.05) is 11.4 Å². The lowest BCUT2D eigenvalue weighted by Crippen LogP contribution is -2.42. The van der Waals surface area contributed by atoms with Gasteiger partial charge < -0.3 is 10.1 Å². The fourth-order valence-corrected chi connectivity index (χ4v) is 5.31. The van der Waals surface area contributed by atoms with Gasteiger partial charge in [-0.1, -0.05) is 42.5 Å². The molecule has 0 heterocycles. The van der Waals surface area contributed by atoms with Crippen LogP contribution in [0.5, 0.6) is 5.75 Å². The predicted molar refractivity (Wildman–Crippen MR) is 137 cm³/mol. The Bertz CT molecular complexity index is 1170. The van der Waals surface area contributed by atoms with Gasteiger partial charge in [-0.15, -0.1) is 11.8 Å². The monoisotopic (exact) mass is 498 g/mol. The number of nitrogens with zero attached hydrogens (tertiary/aromatic N) is 1. The average molecular weight is 499 g/mol. The summed E-state index contributed by atoms with van der Waals surface area (Å²) < 4.78 is 33.2. The Morgan fingerprint density at radius 2 is 1.65 bits per heavy atom. The number of hydrogen-bond acceptors (Lipinski definition) is 5. The van der Waals surface area contributed by atoms with E-state index in [0.717, 1.165) is 16.0 Å². The molecule has 0 spiro atoms. The summed E-state index contributed by atoms with van der Waals surface area (Å²) in [5.74, 6) is 0.209. The number of carbonyl (C=O) groups is 1. The molecule has 1 unspecified atom stereocenters. The number of thioether (sulfide) groups is 1. The van der Waals surface area contributed by atoms with Crippen LogP contribution in [0.2, 0.25) is 0 Å². The summed E-state index contributed by atoms with van der Waals surface area (Å²) >= 11 is 1.65. The number of amides is 1. The molecule has 34 heavy (non-hydrogen) atoms. The largest absolute Gasteiger partial charge is 0.497 e. The van der Waals surface area contributed by atoms with Crippen LogP contribution in [0, 0.1) is 0 Å². The molecule has 0 aliphatic heterocycles. The lowest BCUT2D eigenvalue weighted by Gasteiger charge is -2.23. The minimum absolute atomic E-state index is 0.120. The molecule has 0 saturated carbocycles. The van der Waals surface area contributed by atoms with Crippen LogP contribution in [0.15, 0.2) is 88.7 Å². The molecule has 1 atom stereocenters. The third-order valence-electron chi connectivity index (χ3n) is 5.50. The van der Waals surface area contributed by atoms with Gasteiger partial charge in [0.2, 0.25) is 15.9 Å². The zero-order valence-corrected chi connectivity index (χ0v) is 21.2. The molecular weight excluding hydrogens is 468 g/mol. The van der Waals surface area contributed by atoms with Gasteiger partial charge in [-0.25, -0.2) is 8.42 Å². The summed E-state index contributed by atoms with van der Waals surface area (Å²) in [7, 11) is -2.36. The molecule has 0 aromatic heterocycles. The zero-order chi connectivity index (χ0) is 24.6. The first-order valence-electron chi connectivity index (χ1n) is 10.9. The maximum Gasteiger partial charge on any atom is 0.243 e. The normalized spacial score (nSPS) is 12.4. The highest BCUT2D eigenvalue weighted by Gasteiger charge is 2.27. The molecule has 0 bridgehead atoms. The molecule has 8 heteroatoms. The smallest absolute Gasteiger partial charge is 0.243 e. The van der Waals surface area contributed by atoms with Crippen LogP contribution in [0.25, 0.3) is 0 Å².